The van der Waals surface area contributed by atoms with Gasteiger partial charge in [0.25, 0.3) is 0 Å². The van der Waals surface area contributed by atoms with E-state index in [0.717, 1.165) is 17.3 Å². The maximum absolute atomic E-state index is 11.7. The normalized spacial score (nSPS) is 9.95. The van der Waals surface area contributed by atoms with Crippen molar-refractivity contribution in [2.75, 3.05) is 11.1 Å². The first kappa shape index (κ1) is 14.2. The highest BCUT2D eigenvalue weighted by Crippen LogP contribution is 2.14. The average Bonchev–Trinajstić information content (AvgIpc) is 2.97. The van der Waals surface area contributed by atoms with Crippen LogP contribution in [0.4, 0.5) is 5.69 Å². The predicted octanol–water partition coefficient (Wildman–Crippen LogP) is 2.79. The quantitative estimate of drug-likeness (QED) is 0.632. The number of amides is 1. The third kappa shape index (κ3) is 4.44. The second-order valence-corrected chi connectivity index (χ2v) is 5.17. The fourth-order valence-corrected chi connectivity index (χ4v) is 2.39. The molecule has 0 spiro atoms. The minimum atomic E-state index is -0.0415. The first-order valence-electron chi connectivity index (χ1n) is 6.20. The number of rotatable bonds is 6. The Morgan fingerprint density at radius 2 is 2.40 bits per heavy atom. The number of nitrogens with one attached hydrogen (secondary N) is 2. The summed E-state index contributed by atoms with van der Waals surface area (Å²) in [5.41, 5.74) is 1.20. The highest BCUT2D eigenvalue weighted by Gasteiger charge is 2.03. The highest BCUT2D eigenvalue weighted by atomic mass is 32.2. The second kappa shape index (κ2) is 7.36. The summed E-state index contributed by atoms with van der Waals surface area (Å²) in [6, 6.07) is 8.93. The highest BCUT2D eigenvalue weighted by molar-refractivity contribution is 7.99. The monoisotopic (exact) mass is 286 g/mol. The van der Waals surface area contributed by atoms with E-state index < -0.39 is 0 Å². The number of H-pyrrole nitrogens is 1. The molecule has 0 unspecified atom stereocenters. The van der Waals surface area contributed by atoms with Gasteiger partial charge in [-0.2, -0.15) is 5.26 Å². The number of thioether (sulfide) groups is 1. The van der Waals surface area contributed by atoms with Crippen LogP contribution in [-0.4, -0.2) is 21.6 Å². The van der Waals surface area contributed by atoms with E-state index in [-0.39, 0.29) is 5.91 Å². The van der Waals surface area contributed by atoms with Crippen molar-refractivity contribution in [1.82, 2.24) is 9.97 Å². The Hall–Kier alpha value is -2.26. The van der Waals surface area contributed by atoms with Gasteiger partial charge in [-0.05, 0) is 24.6 Å². The summed E-state index contributed by atoms with van der Waals surface area (Å²) in [6.07, 6.45) is 4.70. The maximum Gasteiger partial charge on any atom is 0.224 e. The van der Waals surface area contributed by atoms with Gasteiger partial charge in [0.2, 0.25) is 5.91 Å². The van der Waals surface area contributed by atoms with Crippen LogP contribution in [0.2, 0.25) is 0 Å². The molecule has 0 saturated carbocycles. The van der Waals surface area contributed by atoms with E-state index in [2.05, 4.69) is 15.3 Å². The molecule has 0 fully saturated rings. The molecule has 2 aromatic rings. The van der Waals surface area contributed by atoms with Crippen molar-refractivity contribution in [1.29, 1.82) is 5.26 Å². The molecule has 0 aliphatic heterocycles. The molecule has 1 amide bonds. The predicted molar refractivity (Wildman–Crippen MR) is 78.3 cm³/mol. The van der Waals surface area contributed by atoms with Gasteiger partial charge in [0.1, 0.15) is 0 Å². The zero-order chi connectivity index (χ0) is 14.2. The number of benzene rings is 1. The van der Waals surface area contributed by atoms with Crippen LogP contribution >= 0.6 is 11.8 Å². The number of aromatic nitrogens is 2. The van der Waals surface area contributed by atoms with Gasteiger partial charge in [-0.1, -0.05) is 17.8 Å². The van der Waals surface area contributed by atoms with Crippen molar-refractivity contribution in [3.05, 3.63) is 42.2 Å². The van der Waals surface area contributed by atoms with Crippen LogP contribution in [0.25, 0.3) is 0 Å². The molecule has 2 rings (SSSR count). The van der Waals surface area contributed by atoms with Crippen molar-refractivity contribution in [3.8, 4) is 6.07 Å². The molecular formula is C14H14N4OS. The van der Waals surface area contributed by atoms with E-state index in [4.69, 9.17) is 5.26 Å². The average molecular weight is 286 g/mol. The molecule has 1 aromatic carbocycles. The molecule has 2 N–H and O–H groups in total. The van der Waals surface area contributed by atoms with Crippen LogP contribution in [0.3, 0.4) is 0 Å². The summed E-state index contributed by atoms with van der Waals surface area (Å²) in [7, 11) is 0. The SMILES string of the molecule is N#Cc1cccc(NC(=O)CCCSc2ncc[nH]2)c1. The number of carbonyl (C=O) groups excluding carboxylic acids is 1. The van der Waals surface area contributed by atoms with Gasteiger partial charge >= 0.3 is 0 Å². The Balaban J connectivity index is 1.71. The van der Waals surface area contributed by atoms with Gasteiger partial charge < -0.3 is 10.3 Å². The molecule has 5 nitrogen and oxygen atoms in total. The van der Waals surface area contributed by atoms with Crippen molar-refractivity contribution < 1.29 is 4.79 Å². The molecule has 1 heterocycles. The Kier molecular flexibility index (Phi) is 5.21. The molecule has 0 atom stereocenters. The lowest BCUT2D eigenvalue weighted by Gasteiger charge is -2.05. The summed E-state index contributed by atoms with van der Waals surface area (Å²) in [6.45, 7) is 0. The van der Waals surface area contributed by atoms with Crippen molar-refractivity contribution in [2.45, 2.75) is 18.0 Å². The van der Waals surface area contributed by atoms with E-state index in [0.29, 0.717) is 17.7 Å². The van der Waals surface area contributed by atoms with E-state index >= 15 is 0 Å². The Morgan fingerprint density at radius 3 is 3.15 bits per heavy atom. The van der Waals surface area contributed by atoms with E-state index in [9.17, 15) is 4.79 Å². The van der Waals surface area contributed by atoms with Gasteiger partial charge in [-0.15, -0.1) is 0 Å². The van der Waals surface area contributed by atoms with Crippen molar-refractivity contribution in [3.63, 3.8) is 0 Å². The van der Waals surface area contributed by atoms with Crippen LogP contribution in [0, 0.1) is 11.3 Å². The number of aromatic amines is 1. The number of carbonyl (C=O) groups is 1. The van der Waals surface area contributed by atoms with Crippen LogP contribution in [0.5, 0.6) is 0 Å². The second-order valence-electron chi connectivity index (χ2n) is 4.09. The summed E-state index contributed by atoms with van der Waals surface area (Å²) in [4.78, 5) is 18.8. The number of imidazole rings is 1. The van der Waals surface area contributed by atoms with E-state index in [1.165, 1.54) is 0 Å². The lowest BCUT2D eigenvalue weighted by molar-refractivity contribution is -0.116. The number of hydrogen-bond acceptors (Lipinski definition) is 4. The lowest BCUT2D eigenvalue weighted by atomic mass is 10.2. The summed E-state index contributed by atoms with van der Waals surface area (Å²) in [5.74, 6) is 0.791. The molecule has 0 aliphatic rings. The van der Waals surface area contributed by atoms with Gasteiger partial charge in [-0.25, -0.2) is 4.98 Å². The minimum absolute atomic E-state index is 0.0415. The fraction of sp³-hybridized carbons (Fsp3) is 0.214. The fourth-order valence-electron chi connectivity index (χ4n) is 1.62. The van der Waals surface area contributed by atoms with E-state index in [1.807, 2.05) is 6.07 Å². The summed E-state index contributed by atoms with van der Waals surface area (Å²) >= 11 is 1.59. The van der Waals surface area contributed by atoms with Gasteiger partial charge in [0.15, 0.2) is 5.16 Å². The van der Waals surface area contributed by atoms with Gasteiger partial charge in [0, 0.05) is 30.3 Å². The van der Waals surface area contributed by atoms with Crippen molar-refractivity contribution in [2.24, 2.45) is 0 Å². The van der Waals surface area contributed by atoms with Crippen LogP contribution in [0.15, 0.2) is 41.8 Å². The minimum Gasteiger partial charge on any atom is -0.340 e. The van der Waals surface area contributed by atoms with Crippen LogP contribution in [-0.2, 0) is 4.79 Å². The topological polar surface area (TPSA) is 81.6 Å². The standard InChI is InChI=1S/C14H14N4OS/c15-10-11-3-1-4-12(9-11)18-13(19)5-2-8-20-14-16-6-7-17-14/h1,3-4,6-7,9H,2,5,8H2,(H,16,17)(H,18,19). The Bertz CT molecular complexity index is 604. The summed E-state index contributed by atoms with van der Waals surface area (Å²) in [5, 5.41) is 12.4. The molecule has 102 valence electrons. The van der Waals surface area contributed by atoms with Gasteiger partial charge in [0.05, 0.1) is 11.6 Å². The number of nitriles is 1. The number of anilines is 1. The molecule has 6 heteroatoms. The summed E-state index contributed by atoms with van der Waals surface area (Å²) < 4.78 is 0. The molecule has 0 radical (unpaired) electrons. The van der Waals surface area contributed by atoms with E-state index in [1.54, 1.807) is 48.4 Å². The molecule has 0 bridgehead atoms. The van der Waals surface area contributed by atoms with Gasteiger partial charge in [-0.3, -0.25) is 4.79 Å². The third-order valence-corrected chi connectivity index (χ3v) is 3.53. The smallest absolute Gasteiger partial charge is 0.224 e. The first-order chi connectivity index (χ1) is 9.78. The van der Waals surface area contributed by atoms with Crippen LogP contribution in [0.1, 0.15) is 18.4 Å². The molecular weight excluding hydrogens is 272 g/mol. The molecule has 1 aromatic heterocycles. The zero-order valence-electron chi connectivity index (χ0n) is 10.8. The first-order valence-corrected chi connectivity index (χ1v) is 7.18. The lowest BCUT2D eigenvalue weighted by Crippen LogP contribution is -2.11. The zero-order valence-corrected chi connectivity index (χ0v) is 11.6. The molecule has 20 heavy (non-hydrogen) atoms. The maximum atomic E-state index is 11.7. The number of nitrogens with zero attached hydrogens (tertiary/aromatic N) is 2. The van der Waals surface area contributed by atoms with Crippen molar-refractivity contribution >= 4 is 23.4 Å². The largest absolute Gasteiger partial charge is 0.340 e. The number of hydrogen-bond donors (Lipinski definition) is 2. The molecule has 0 saturated heterocycles. The van der Waals surface area contributed by atoms with Crippen LogP contribution < -0.4 is 5.32 Å². The Labute approximate surface area is 121 Å². The molecule has 0 aliphatic carbocycles. The Morgan fingerprint density at radius 1 is 1.50 bits per heavy atom. The third-order valence-electron chi connectivity index (χ3n) is 2.54.